The van der Waals surface area contributed by atoms with E-state index in [0.29, 0.717) is 0 Å². The molecule has 0 saturated heterocycles. The number of thiophene rings is 1. The average Bonchev–Trinajstić information content (AvgIpc) is 3.07. The SMILES string of the molecule is Cc1nc(N(C)Cc2nc3ccccc3s2)c2c(C)c(C)sc2n1. The van der Waals surface area contributed by atoms with Gasteiger partial charge in [0.15, 0.2) is 0 Å². The number of aryl methyl sites for hydroxylation is 3. The Bertz CT molecular complexity index is 1010. The second kappa shape index (κ2) is 5.79. The van der Waals surface area contributed by atoms with Crippen molar-refractivity contribution in [1.82, 2.24) is 15.0 Å². The number of thiazole rings is 1. The van der Waals surface area contributed by atoms with Crippen LogP contribution in [0, 0.1) is 20.8 Å². The van der Waals surface area contributed by atoms with E-state index < -0.39 is 0 Å². The molecule has 4 nitrogen and oxygen atoms in total. The first-order chi connectivity index (χ1) is 11.5. The number of fused-ring (bicyclic) bond motifs is 2. The number of hydrogen-bond acceptors (Lipinski definition) is 6. The molecule has 0 fully saturated rings. The molecule has 3 heterocycles. The Labute approximate surface area is 148 Å². The third kappa shape index (κ3) is 2.56. The molecule has 24 heavy (non-hydrogen) atoms. The molecule has 0 unspecified atom stereocenters. The van der Waals surface area contributed by atoms with E-state index in [4.69, 9.17) is 9.97 Å². The molecule has 4 aromatic rings. The second-order valence-corrected chi connectivity index (χ2v) is 8.31. The number of anilines is 1. The molecule has 0 aliphatic carbocycles. The summed E-state index contributed by atoms with van der Waals surface area (Å²) in [7, 11) is 2.08. The van der Waals surface area contributed by atoms with Gasteiger partial charge in [0, 0.05) is 11.9 Å². The predicted molar refractivity (Wildman–Crippen MR) is 103 cm³/mol. The first kappa shape index (κ1) is 15.5. The first-order valence-electron chi connectivity index (χ1n) is 7.83. The van der Waals surface area contributed by atoms with Gasteiger partial charge in [-0.05, 0) is 38.5 Å². The lowest BCUT2D eigenvalue weighted by molar-refractivity contribution is 0.885. The normalized spacial score (nSPS) is 11.5. The molecule has 0 atom stereocenters. The van der Waals surface area contributed by atoms with Gasteiger partial charge in [-0.2, -0.15) is 0 Å². The molecule has 122 valence electrons. The van der Waals surface area contributed by atoms with E-state index in [9.17, 15) is 0 Å². The number of hydrogen-bond donors (Lipinski definition) is 0. The zero-order chi connectivity index (χ0) is 16.8. The summed E-state index contributed by atoms with van der Waals surface area (Å²) in [4.78, 5) is 18.6. The smallest absolute Gasteiger partial charge is 0.141 e. The summed E-state index contributed by atoms with van der Waals surface area (Å²) < 4.78 is 1.23. The van der Waals surface area contributed by atoms with Crippen LogP contribution in [0.3, 0.4) is 0 Å². The molecule has 0 bridgehead atoms. The van der Waals surface area contributed by atoms with Crippen molar-refractivity contribution in [2.45, 2.75) is 27.3 Å². The van der Waals surface area contributed by atoms with Gasteiger partial charge in [0.2, 0.25) is 0 Å². The van der Waals surface area contributed by atoms with E-state index in [1.54, 1.807) is 22.7 Å². The van der Waals surface area contributed by atoms with Crippen molar-refractivity contribution in [3.63, 3.8) is 0 Å². The molecule has 4 rings (SSSR count). The zero-order valence-electron chi connectivity index (χ0n) is 14.1. The fraction of sp³-hybridized carbons (Fsp3) is 0.278. The fourth-order valence-corrected chi connectivity index (χ4v) is 4.96. The highest BCUT2D eigenvalue weighted by Crippen LogP contribution is 2.35. The van der Waals surface area contributed by atoms with E-state index in [1.807, 2.05) is 13.0 Å². The van der Waals surface area contributed by atoms with Crippen LogP contribution in [0.25, 0.3) is 20.4 Å². The Kier molecular flexibility index (Phi) is 3.73. The van der Waals surface area contributed by atoms with E-state index in [0.717, 1.165) is 33.5 Å². The van der Waals surface area contributed by atoms with Crippen LogP contribution in [0.1, 0.15) is 21.3 Å². The van der Waals surface area contributed by atoms with Crippen LogP contribution in [0.4, 0.5) is 5.82 Å². The van der Waals surface area contributed by atoms with Crippen LogP contribution in [0.5, 0.6) is 0 Å². The summed E-state index contributed by atoms with van der Waals surface area (Å²) in [5, 5.41) is 2.28. The molecule has 1 aromatic carbocycles. The van der Waals surface area contributed by atoms with Crippen LogP contribution in [0.15, 0.2) is 24.3 Å². The summed E-state index contributed by atoms with van der Waals surface area (Å²) in [5.41, 5.74) is 2.35. The van der Waals surface area contributed by atoms with E-state index in [1.165, 1.54) is 20.5 Å². The zero-order valence-corrected chi connectivity index (χ0v) is 15.8. The standard InChI is InChI=1S/C18H18N4S2/c1-10-11(2)23-18-16(10)17(19-12(3)20-18)22(4)9-15-21-13-7-5-6-8-14(13)24-15/h5-8H,9H2,1-4H3. The quantitative estimate of drug-likeness (QED) is 0.527. The van der Waals surface area contributed by atoms with Gasteiger partial charge in [-0.1, -0.05) is 12.1 Å². The van der Waals surface area contributed by atoms with E-state index in [2.05, 4.69) is 49.0 Å². The van der Waals surface area contributed by atoms with Crippen molar-refractivity contribution in [3.05, 3.63) is 45.5 Å². The summed E-state index contributed by atoms with van der Waals surface area (Å²) in [6, 6.07) is 8.28. The number of aromatic nitrogens is 3. The van der Waals surface area contributed by atoms with Crippen molar-refractivity contribution in [1.29, 1.82) is 0 Å². The number of para-hydroxylation sites is 1. The maximum Gasteiger partial charge on any atom is 0.141 e. The molecule has 0 amide bonds. The first-order valence-corrected chi connectivity index (χ1v) is 9.46. The van der Waals surface area contributed by atoms with Crippen LogP contribution in [0.2, 0.25) is 0 Å². The topological polar surface area (TPSA) is 41.9 Å². The maximum absolute atomic E-state index is 4.74. The molecule has 0 aliphatic heterocycles. The van der Waals surface area contributed by atoms with E-state index in [-0.39, 0.29) is 0 Å². The lowest BCUT2D eigenvalue weighted by Crippen LogP contribution is -2.18. The number of rotatable bonds is 3. The summed E-state index contributed by atoms with van der Waals surface area (Å²) in [6.45, 7) is 7.01. The van der Waals surface area contributed by atoms with Crippen LogP contribution in [-0.2, 0) is 6.54 Å². The van der Waals surface area contributed by atoms with E-state index >= 15 is 0 Å². The van der Waals surface area contributed by atoms with Crippen molar-refractivity contribution in [3.8, 4) is 0 Å². The molecular weight excluding hydrogens is 336 g/mol. The van der Waals surface area contributed by atoms with Gasteiger partial charge < -0.3 is 4.90 Å². The molecule has 0 N–H and O–H groups in total. The molecule has 0 radical (unpaired) electrons. The number of nitrogens with zero attached hydrogens (tertiary/aromatic N) is 4. The van der Waals surface area contributed by atoms with Gasteiger partial charge >= 0.3 is 0 Å². The largest absolute Gasteiger partial charge is 0.352 e. The van der Waals surface area contributed by atoms with Crippen molar-refractivity contribution in [2.75, 3.05) is 11.9 Å². The Hall–Kier alpha value is -2.05. The third-order valence-corrected chi connectivity index (χ3v) is 6.32. The van der Waals surface area contributed by atoms with Crippen LogP contribution in [-0.4, -0.2) is 22.0 Å². The van der Waals surface area contributed by atoms with Gasteiger partial charge in [0.05, 0.1) is 22.1 Å². The van der Waals surface area contributed by atoms with Crippen molar-refractivity contribution < 1.29 is 0 Å². The van der Waals surface area contributed by atoms with Gasteiger partial charge in [-0.15, -0.1) is 22.7 Å². The van der Waals surface area contributed by atoms with Crippen LogP contribution >= 0.6 is 22.7 Å². The summed E-state index contributed by atoms with van der Waals surface area (Å²) in [5.74, 6) is 1.81. The Morgan fingerprint density at radius 2 is 1.79 bits per heavy atom. The molecule has 0 saturated carbocycles. The molecule has 3 aromatic heterocycles. The molecule has 6 heteroatoms. The highest BCUT2D eigenvalue weighted by molar-refractivity contribution is 7.19. The van der Waals surface area contributed by atoms with Crippen molar-refractivity contribution in [2.24, 2.45) is 0 Å². The fourth-order valence-electron chi connectivity index (χ4n) is 2.87. The van der Waals surface area contributed by atoms with Crippen LogP contribution < -0.4 is 4.90 Å². The maximum atomic E-state index is 4.74. The van der Waals surface area contributed by atoms with Gasteiger partial charge in [-0.3, -0.25) is 0 Å². The summed E-state index contributed by atoms with van der Waals surface area (Å²) in [6.07, 6.45) is 0. The molecule has 0 spiro atoms. The summed E-state index contributed by atoms with van der Waals surface area (Å²) >= 11 is 3.49. The Morgan fingerprint density at radius 1 is 1.00 bits per heavy atom. The van der Waals surface area contributed by atoms with Crippen molar-refractivity contribution >= 4 is 48.9 Å². The predicted octanol–water partition coefficient (Wildman–Crippen LogP) is 4.86. The minimum absolute atomic E-state index is 0.749. The average molecular weight is 355 g/mol. The van der Waals surface area contributed by atoms with Gasteiger partial charge in [0.1, 0.15) is 21.5 Å². The highest BCUT2D eigenvalue weighted by Gasteiger charge is 2.17. The molecular formula is C18H18N4S2. The lowest BCUT2D eigenvalue weighted by atomic mass is 10.2. The van der Waals surface area contributed by atoms with Gasteiger partial charge in [0.25, 0.3) is 0 Å². The minimum Gasteiger partial charge on any atom is -0.352 e. The van der Waals surface area contributed by atoms with Gasteiger partial charge in [-0.25, -0.2) is 15.0 Å². The lowest BCUT2D eigenvalue weighted by Gasteiger charge is -2.18. The third-order valence-electron chi connectivity index (χ3n) is 4.19. The monoisotopic (exact) mass is 354 g/mol. The minimum atomic E-state index is 0.749. The Balaban J connectivity index is 1.76. The Morgan fingerprint density at radius 3 is 2.58 bits per heavy atom. The second-order valence-electron chi connectivity index (χ2n) is 5.99. The molecule has 0 aliphatic rings. The highest BCUT2D eigenvalue weighted by atomic mass is 32.1. The number of benzene rings is 1.